The van der Waals surface area contributed by atoms with Crippen LogP contribution in [-0.4, -0.2) is 24.0 Å². The van der Waals surface area contributed by atoms with Gasteiger partial charge in [-0.05, 0) is 25.2 Å². The summed E-state index contributed by atoms with van der Waals surface area (Å²) in [5, 5.41) is 9.85. The van der Waals surface area contributed by atoms with Gasteiger partial charge in [0.1, 0.15) is 5.01 Å². The Labute approximate surface area is 127 Å². The molecule has 5 heteroatoms. The van der Waals surface area contributed by atoms with Crippen LogP contribution in [-0.2, 0) is 6.54 Å². The normalized spacial score (nSPS) is 12.2. The molecule has 0 aliphatic rings. The van der Waals surface area contributed by atoms with E-state index in [0.717, 1.165) is 36.2 Å². The molecule has 0 aliphatic carbocycles. The lowest BCUT2D eigenvalue weighted by Gasteiger charge is -2.11. The highest BCUT2D eigenvalue weighted by Crippen LogP contribution is 2.18. The van der Waals surface area contributed by atoms with Gasteiger partial charge >= 0.3 is 0 Å². The lowest BCUT2D eigenvalue weighted by Crippen LogP contribution is -2.38. The number of aliphatic imine (C=N–C) groups is 1. The summed E-state index contributed by atoms with van der Waals surface area (Å²) in [5.41, 5.74) is 1.16. The van der Waals surface area contributed by atoms with Crippen LogP contribution >= 0.6 is 11.3 Å². The van der Waals surface area contributed by atoms with E-state index in [1.807, 2.05) is 0 Å². The number of guanidine groups is 1. The Hall–Kier alpha value is -1.10. The second-order valence-corrected chi connectivity index (χ2v) is 6.57. The maximum atomic E-state index is 4.61. The van der Waals surface area contributed by atoms with Crippen molar-refractivity contribution < 1.29 is 0 Å². The van der Waals surface area contributed by atoms with Crippen molar-refractivity contribution in [1.82, 2.24) is 15.6 Å². The minimum atomic E-state index is 0.487. The molecular formula is C15H28N4S. The number of hydrogen-bond acceptors (Lipinski definition) is 3. The smallest absolute Gasteiger partial charge is 0.191 e. The van der Waals surface area contributed by atoms with Gasteiger partial charge < -0.3 is 10.6 Å². The standard InChI is InChI=1S/C15H28N4S/c1-6-16-15(17-8-7-11(2)3)18-9-14-19-13(10-20-14)12(4)5/h10-12H,6-9H2,1-5H3,(H2,16,17,18). The van der Waals surface area contributed by atoms with Crippen LogP contribution in [0.1, 0.15) is 57.7 Å². The second-order valence-electron chi connectivity index (χ2n) is 5.63. The molecule has 0 saturated carbocycles. The molecule has 0 aliphatic heterocycles. The largest absolute Gasteiger partial charge is 0.357 e. The molecule has 114 valence electrons. The third-order valence-corrected chi connectivity index (χ3v) is 3.74. The molecule has 2 N–H and O–H groups in total. The van der Waals surface area contributed by atoms with E-state index in [2.05, 4.69) is 60.6 Å². The molecule has 0 spiro atoms. The van der Waals surface area contributed by atoms with E-state index in [1.165, 1.54) is 0 Å². The minimum Gasteiger partial charge on any atom is -0.357 e. The molecule has 20 heavy (non-hydrogen) atoms. The van der Waals surface area contributed by atoms with Crippen molar-refractivity contribution in [2.45, 2.75) is 53.5 Å². The van der Waals surface area contributed by atoms with E-state index >= 15 is 0 Å². The summed E-state index contributed by atoms with van der Waals surface area (Å²) in [4.78, 5) is 9.20. The van der Waals surface area contributed by atoms with Gasteiger partial charge in [-0.25, -0.2) is 9.98 Å². The van der Waals surface area contributed by atoms with Gasteiger partial charge in [-0.2, -0.15) is 0 Å². The number of nitrogens with zero attached hydrogens (tertiary/aromatic N) is 2. The van der Waals surface area contributed by atoms with E-state index in [1.54, 1.807) is 11.3 Å². The van der Waals surface area contributed by atoms with Crippen LogP contribution in [0.15, 0.2) is 10.4 Å². The van der Waals surface area contributed by atoms with E-state index < -0.39 is 0 Å². The minimum absolute atomic E-state index is 0.487. The molecule has 1 rings (SSSR count). The summed E-state index contributed by atoms with van der Waals surface area (Å²) in [6, 6.07) is 0. The van der Waals surface area contributed by atoms with E-state index in [-0.39, 0.29) is 0 Å². The molecule has 0 radical (unpaired) electrons. The lowest BCUT2D eigenvalue weighted by atomic mass is 10.1. The Kier molecular flexibility index (Phi) is 7.59. The first-order valence-electron chi connectivity index (χ1n) is 7.49. The average molecular weight is 296 g/mol. The zero-order chi connectivity index (χ0) is 15.0. The molecule has 0 atom stereocenters. The Morgan fingerprint density at radius 1 is 1.30 bits per heavy atom. The first-order valence-corrected chi connectivity index (χ1v) is 8.37. The number of nitrogens with one attached hydrogen (secondary N) is 2. The van der Waals surface area contributed by atoms with Crippen molar-refractivity contribution in [1.29, 1.82) is 0 Å². The summed E-state index contributed by atoms with van der Waals surface area (Å²) >= 11 is 1.69. The highest BCUT2D eigenvalue weighted by atomic mass is 32.1. The number of rotatable bonds is 7. The Morgan fingerprint density at radius 3 is 2.60 bits per heavy atom. The van der Waals surface area contributed by atoms with E-state index in [9.17, 15) is 0 Å². The van der Waals surface area contributed by atoms with Crippen LogP contribution in [0.4, 0.5) is 0 Å². The van der Waals surface area contributed by atoms with Crippen molar-refractivity contribution in [2.75, 3.05) is 13.1 Å². The molecule has 0 aromatic carbocycles. The predicted molar refractivity (Wildman–Crippen MR) is 88.5 cm³/mol. The number of aromatic nitrogens is 1. The molecule has 4 nitrogen and oxygen atoms in total. The summed E-state index contributed by atoms with van der Waals surface area (Å²) in [6.45, 7) is 13.4. The third-order valence-electron chi connectivity index (χ3n) is 2.89. The fourth-order valence-corrected chi connectivity index (χ4v) is 2.51. The van der Waals surface area contributed by atoms with Gasteiger partial charge in [0.05, 0.1) is 12.2 Å². The number of hydrogen-bond donors (Lipinski definition) is 2. The lowest BCUT2D eigenvalue weighted by molar-refractivity contribution is 0.573. The summed E-state index contributed by atoms with van der Waals surface area (Å²) < 4.78 is 0. The first-order chi connectivity index (χ1) is 9.52. The number of thiazole rings is 1. The highest BCUT2D eigenvalue weighted by Gasteiger charge is 2.05. The molecular weight excluding hydrogens is 268 g/mol. The van der Waals surface area contributed by atoms with Crippen molar-refractivity contribution in [2.24, 2.45) is 10.9 Å². The van der Waals surface area contributed by atoms with E-state index in [4.69, 9.17) is 0 Å². The predicted octanol–water partition coefficient (Wildman–Crippen LogP) is 3.37. The summed E-state index contributed by atoms with van der Waals surface area (Å²) in [5.74, 6) is 2.08. The van der Waals surface area contributed by atoms with E-state index in [0.29, 0.717) is 18.4 Å². The maximum absolute atomic E-state index is 4.61. The fraction of sp³-hybridized carbons (Fsp3) is 0.733. The first kappa shape index (κ1) is 17.0. The van der Waals surface area contributed by atoms with Gasteiger partial charge in [0, 0.05) is 18.5 Å². The zero-order valence-electron chi connectivity index (χ0n) is 13.4. The zero-order valence-corrected chi connectivity index (χ0v) is 14.2. The summed E-state index contributed by atoms with van der Waals surface area (Å²) in [6.07, 6.45) is 1.15. The van der Waals surface area contributed by atoms with Crippen LogP contribution in [0.3, 0.4) is 0 Å². The molecule has 0 fully saturated rings. The van der Waals surface area contributed by atoms with Crippen LogP contribution in [0.5, 0.6) is 0 Å². The second kappa shape index (κ2) is 8.95. The summed E-state index contributed by atoms with van der Waals surface area (Å²) in [7, 11) is 0. The van der Waals surface area contributed by atoms with Gasteiger partial charge in [-0.15, -0.1) is 11.3 Å². The fourth-order valence-electron chi connectivity index (χ4n) is 1.63. The Bertz CT molecular complexity index is 410. The van der Waals surface area contributed by atoms with Crippen molar-refractivity contribution >= 4 is 17.3 Å². The molecule has 0 bridgehead atoms. The molecule has 1 aromatic rings. The molecule has 0 amide bonds. The van der Waals surface area contributed by atoms with Gasteiger partial charge in [0.2, 0.25) is 0 Å². The van der Waals surface area contributed by atoms with Crippen molar-refractivity contribution in [3.05, 3.63) is 16.1 Å². The van der Waals surface area contributed by atoms with Crippen LogP contribution < -0.4 is 10.6 Å². The third kappa shape index (κ3) is 6.37. The van der Waals surface area contributed by atoms with Gasteiger partial charge in [0.15, 0.2) is 5.96 Å². The van der Waals surface area contributed by atoms with Gasteiger partial charge in [-0.1, -0.05) is 27.7 Å². The molecule has 0 unspecified atom stereocenters. The molecule has 1 heterocycles. The van der Waals surface area contributed by atoms with Crippen LogP contribution in [0.2, 0.25) is 0 Å². The molecule has 0 saturated heterocycles. The van der Waals surface area contributed by atoms with Gasteiger partial charge in [0.25, 0.3) is 0 Å². The Morgan fingerprint density at radius 2 is 2.05 bits per heavy atom. The average Bonchev–Trinajstić information content (AvgIpc) is 2.84. The van der Waals surface area contributed by atoms with Crippen LogP contribution in [0, 0.1) is 5.92 Å². The highest BCUT2D eigenvalue weighted by molar-refractivity contribution is 7.09. The van der Waals surface area contributed by atoms with Crippen LogP contribution in [0.25, 0.3) is 0 Å². The van der Waals surface area contributed by atoms with Crippen molar-refractivity contribution in [3.63, 3.8) is 0 Å². The maximum Gasteiger partial charge on any atom is 0.191 e. The molecule has 1 aromatic heterocycles. The quantitative estimate of drug-likeness (QED) is 0.599. The van der Waals surface area contributed by atoms with Gasteiger partial charge in [-0.3, -0.25) is 0 Å². The topological polar surface area (TPSA) is 49.3 Å². The SMILES string of the molecule is CCNC(=NCc1nc(C(C)C)cs1)NCCC(C)C. The Balaban J connectivity index is 2.52. The monoisotopic (exact) mass is 296 g/mol. The van der Waals surface area contributed by atoms with Crippen molar-refractivity contribution in [3.8, 4) is 0 Å².